The number of morpholine rings is 1. The lowest BCUT2D eigenvalue weighted by atomic mass is 10.1. The molecule has 0 radical (unpaired) electrons. The van der Waals surface area contributed by atoms with Crippen molar-refractivity contribution < 1.29 is 9.53 Å². The van der Waals surface area contributed by atoms with Crippen molar-refractivity contribution in [1.82, 2.24) is 20.4 Å². The molecule has 0 saturated carbocycles. The van der Waals surface area contributed by atoms with E-state index in [1.807, 2.05) is 18.2 Å². The van der Waals surface area contributed by atoms with Crippen molar-refractivity contribution in [1.29, 1.82) is 0 Å². The molecule has 0 aliphatic carbocycles. The number of hydrogen-bond acceptors (Lipinski definition) is 6. The van der Waals surface area contributed by atoms with Crippen molar-refractivity contribution in [3.05, 3.63) is 53.7 Å². The van der Waals surface area contributed by atoms with E-state index in [1.54, 1.807) is 12.1 Å². The number of rotatable bonds is 9. The second-order valence-corrected chi connectivity index (χ2v) is 6.53. The Morgan fingerprint density at radius 3 is 2.59 bits per heavy atom. The van der Waals surface area contributed by atoms with Crippen molar-refractivity contribution in [3.63, 3.8) is 0 Å². The van der Waals surface area contributed by atoms with Gasteiger partial charge in [-0.05, 0) is 30.5 Å². The van der Waals surface area contributed by atoms with Gasteiger partial charge in [0.15, 0.2) is 5.69 Å². The number of carbonyl (C=O) groups is 1. The SMILES string of the molecule is O=C(NCCCc1ccccc1)c1ccc(NCCN2CCOCC2)nn1. The van der Waals surface area contributed by atoms with E-state index in [4.69, 9.17) is 4.74 Å². The fraction of sp³-hybridized carbons (Fsp3) is 0.450. The largest absolute Gasteiger partial charge is 0.379 e. The van der Waals surface area contributed by atoms with Crippen molar-refractivity contribution >= 4 is 11.7 Å². The van der Waals surface area contributed by atoms with Crippen LogP contribution in [0.15, 0.2) is 42.5 Å². The smallest absolute Gasteiger partial charge is 0.271 e. The molecule has 1 saturated heterocycles. The van der Waals surface area contributed by atoms with E-state index in [0.29, 0.717) is 18.1 Å². The van der Waals surface area contributed by atoms with Crippen LogP contribution in [-0.2, 0) is 11.2 Å². The Kier molecular flexibility index (Phi) is 7.56. The van der Waals surface area contributed by atoms with Crippen molar-refractivity contribution in [3.8, 4) is 0 Å². The molecule has 1 aliphatic rings. The van der Waals surface area contributed by atoms with Gasteiger partial charge in [-0.1, -0.05) is 30.3 Å². The summed E-state index contributed by atoms with van der Waals surface area (Å²) < 4.78 is 5.34. The zero-order valence-corrected chi connectivity index (χ0v) is 15.6. The summed E-state index contributed by atoms with van der Waals surface area (Å²) in [6.07, 6.45) is 1.84. The molecule has 144 valence electrons. The molecule has 1 aliphatic heterocycles. The lowest BCUT2D eigenvalue weighted by Crippen LogP contribution is -2.39. The van der Waals surface area contributed by atoms with Crippen molar-refractivity contribution in [2.45, 2.75) is 12.8 Å². The van der Waals surface area contributed by atoms with Gasteiger partial charge in [0.25, 0.3) is 5.91 Å². The van der Waals surface area contributed by atoms with Crippen molar-refractivity contribution in [2.75, 3.05) is 51.3 Å². The van der Waals surface area contributed by atoms with Crippen LogP contribution >= 0.6 is 0 Å². The third-order valence-electron chi connectivity index (χ3n) is 4.51. The monoisotopic (exact) mass is 369 g/mol. The van der Waals surface area contributed by atoms with Gasteiger partial charge in [-0.2, -0.15) is 0 Å². The summed E-state index contributed by atoms with van der Waals surface area (Å²) in [6, 6.07) is 13.8. The Morgan fingerprint density at radius 1 is 1.04 bits per heavy atom. The minimum atomic E-state index is -0.185. The molecular formula is C20H27N5O2. The summed E-state index contributed by atoms with van der Waals surface area (Å²) in [6.45, 7) is 5.89. The van der Waals surface area contributed by atoms with E-state index in [2.05, 4.69) is 37.9 Å². The molecule has 0 spiro atoms. The van der Waals surface area contributed by atoms with Crippen LogP contribution in [0.5, 0.6) is 0 Å². The van der Waals surface area contributed by atoms with Gasteiger partial charge in [-0.15, -0.1) is 10.2 Å². The first kappa shape index (κ1) is 19.3. The van der Waals surface area contributed by atoms with Crippen LogP contribution in [0.1, 0.15) is 22.5 Å². The number of carbonyl (C=O) groups excluding carboxylic acids is 1. The first-order valence-electron chi connectivity index (χ1n) is 9.51. The molecule has 0 bridgehead atoms. The molecule has 3 rings (SSSR count). The third-order valence-corrected chi connectivity index (χ3v) is 4.51. The first-order valence-corrected chi connectivity index (χ1v) is 9.51. The second kappa shape index (κ2) is 10.6. The molecule has 0 atom stereocenters. The van der Waals surface area contributed by atoms with Gasteiger partial charge in [0.2, 0.25) is 0 Å². The highest BCUT2D eigenvalue weighted by Gasteiger charge is 2.10. The molecule has 2 N–H and O–H groups in total. The lowest BCUT2D eigenvalue weighted by molar-refractivity contribution is 0.0398. The Morgan fingerprint density at radius 2 is 1.85 bits per heavy atom. The number of aryl methyl sites for hydroxylation is 1. The van der Waals surface area contributed by atoms with Crippen LogP contribution in [0.3, 0.4) is 0 Å². The highest BCUT2D eigenvalue weighted by atomic mass is 16.5. The summed E-state index contributed by atoms with van der Waals surface area (Å²) in [4.78, 5) is 14.5. The number of nitrogens with one attached hydrogen (secondary N) is 2. The number of benzene rings is 1. The van der Waals surface area contributed by atoms with Gasteiger partial charge in [-0.25, -0.2) is 0 Å². The molecule has 2 aromatic rings. The van der Waals surface area contributed by atoms with Crippen molar-refractivity contribution in [2.24, 2.45) is 0 Å². The zero-order valence-electron chi connectivity index (χ0n) is 15.6. The van der Waals surface area contributed by atoms with E-state index in [0.717, 1.165) is 52.2 Å². The number of aromatic nitrogens is 2. The van der Waals surface area contributed by atoms with Gasteiger partial charge < -0.3 is 15.4 Å². The molecule has 1 amide bonds. The number of ether oxygens (including phenoxy) is 1. The van der Waals surface area contributed by atoms with Gasteiger partial charge in [-0.3, -0.25) is 9.69 Å². The topological polar surface area (TPSA) is 79.4 Å². The number of hydrogen-bond donors (Lipinski definition) is 2. The average Bonchev–Trinajstić information content (AvgIpc) is 2.73. The van der Waals surface area contributed by atoms with Gasteiger partial charge in [0.1, 0.15) is 5.82 Å². The number of amides is 1. The van der Waals surface area contributed by atoms with Crippen LogP contribution in [-0.4, -0.2) is 66.9 Å². The minimum Gasteiger partial charge on any atom is -0.379 e. The van der Waals surface area contributed by atoms with E-state index >= 15 is 0 Å². The molecule has 1 aromatic carbocycles. The highest BCUT2D eigenvalue weighted by molar-refractivity contribution is 5.92. The Hall–Kier alpha value is -2.51. The molecule has 27 heavy (non-hydrogen) atoms. The van der Waals surface area contributed by atoms with Gasteiger partial charge in [0.05, 0.1) is 13.2 Å². The lowest BCUT2D eigenvalue weighted by Gasteiger charge is -2.26. The summed E-state index contributed by atoms with van der Waals surface area (Å²) in [5.74, 6) is 0.499. The third kappa shape index (κ3) is 6.62. The van der Waals surface area contributed by atoms with Gasteiger partial charge >= 0.3 is 0 Å². The van der Waals surface area contributed by atoms with E-state index in [1.165, 1.54) is 5.56 Å². The second-order valence-electron chi connectivity index (χ2n) is 6.53. The van der Waals surface area contributed by atoms with Gasteiger partial charge in [0, 0.05) is 32.7 Å². The summed E-state index contributed by atoms with van der Waals surface area (Å²) in [7, 11) is 0. The fourth-order valence-electron chi connectivity index (χ4n) is 2.94. The maximum Gasteiger partial charge on any atom is 0.271 e. The Balaban J connectivity index is 1.34. The minimum absolute atomic E-state index is 0.185. The number of anilines is 1. The molecule has 7 nitrogen and oxygen atoms in total. The maximum absolute atomic E-state index is 12.1. The Bertz CT molecular complexity index is 687. The van der Waals surface area contributed by atoms with E-state index < -0.39 is 0 Å². The average molecular weight is 369 g/mol. The van der Waals surface area contributed by atoms with E-state index in [-0.39, 0.29) is 5.91 Å². The molecular weight excluding hydrogens is 342 g/mol. The molecule has 2 heterocycles. The molecule has 1 aromatic heterocycles. The summed E-state index contributed by atoms with van der Waals surface area (Å²) in [5.41, 5.74) is 1.62. The first-order chi connectivity index (χ1) is 13.3. The predicted molar refractivity (Wildman–Crippen MR) is 105 cm³/mol. The summed E-state index contributed by atoms with van der Waals surface area (Å²) in [5, 5.41) is 14.3. The molecule has 0 unspecified atom stereocenters. The zero-order chi connectivity index (χ0) is 18.7. The maximum atomic E-state index is 12.1. The van der Waals surface area contributed by atoms with Crippen LogP contribution in [0, 0.1) is 0 Å². The summed E-state index contributed by atoms with van der Waals surface area (Å²) >= 11 is 0. The molecule has 1 fully saturated rings. The standard InChI is InChI=1S/C20H27N5O2/c26-20(22-10-4-7-17-5-2-1-3-6-17)18-8-9-19(24-23-18)21-11-12-25-13-15-27-16-14-25/h1-3,5-6,8-9H,4,7,10-16H2,(H,21,24)(H,22,26). The highest BCUT2D eigenvalue weighted by Crippen LogP contribution is 2.04. The predicted octanol–water partition coefficient (Wildman–Crippen LogP) is 1.58. The number of nitrogens with zero attached hydrogens (tertiary/aromatic N) is 3. The Labute approximate surface area is 160 Å². The quantitative estimate of drug-likeness (QED) is 0.654. The van der Waals surface area contributed by atoms with Crippen LogP contribution in [0.25, 0.3) is 0 Å². The fourth-order valence-corrected chi connectivity index (χ4v) is 2.94. The van der Waals surface area contributed by atoms with Crippen LogP contribution in [0.2, 0.25) is 0 Å². The van der Waals surface area contributed by atoms with Crippen LogP contribution in [0.4, 0.5) is 5.82 Å². The van der Waals surface area contributed by atoms with Crippen LogP contribution < -0.4 is 10.6 Å². The molecule has 7 heteroatoms. The normalized spacial score (nSPS) is 14.7. The van der Waals surface area contributed by atoms with E-state index in [9.17, 15) is 4.79 Å².